The van der Waals surface area contributed by atoms with Gasteiger partial charge in [0, 0.05) is 32.7 Å². The quantitative estimate of drug-likeness (QED) is 0.113. The van der Waals surface area contributed by atoms with E-state index in [1.54, 1.807) is 18.9 Å². The van der Waals surface area contributed by atoms with Crippen LogP contribution >= 0.6 is 0 Å². The third-order valence-electron chi connectivity index (χ3n) is 9.45. The van der Waals surface area contributed by atoms with Gasteiger partial charge in [-0.25, -0.2) is 9.59 Å². The highest BCUT2D eigenvalue weighted by Gasteiger charge is 2.56. The zero-order valence-electron chi connectivity index (χ0n) is 29.8. The van der Waals surface area contributed by atoms with Crippen LogP contribution in [0, 0.1) is 17.8 Å². The van der Waals surface area contributed by atoms with Crippen molar-refractivity contribution in [2.75, 3.05) is 33.9 Å². The Morgan fingerprint density at radius 1 is 1.13 bits per heavy atom. The van der Waals surface area contributed by atoms with Gasteiger partial charge in [0.1, 0.15) is 6.04 Å². The maximum Gasteiger partial charge on any atom is 0.328 e. The summed E-state index contributed by atoms with van der Waals surface area (Å²) in [5.74, 6) is -0.152. The van der Waals surface area contributed by atoms with Crippen molar-refractivity contribution in [3.8, 4) is 0 Å². The first kappa shape index (κ1) is 39.7. The van der Waals surface area contributed by atoms with Crippen molar-refractivity contribution in [2.45, 2.75) is 130 Å². The molecule has 264 valence electrons. The summed E-state index contributed by atoms with van der Waals surface area (Å²) in [7, 11) is 2.91. The van der Waals surface area contributed by atoms with Crippen LogP contribution in [0.4, 0.5) is 4.79 Å². The maximum atomic E-state index is 13.0. The average Bonchev–Trinajstić information content (AvgIpc) is 3.67. The van der Waals surface area contributed by atoms with E-state index in [1.807, 2.05) is 13.8 Å². The number of epoxide rings is 1. The van der Waals surface area contributed by atoms with Gasteiger partial charge < -0.3 is 39.6 Å². The lowest BCUT2D eigenvalue weighted by Crippen LogP contribution is -2.47. The summed E-state index contributed by atoms with van der Waals surface area (Å²) < 4.78 is 22.9. The van der Waals surface area contributed by atoms with Gasteiger partial charge in [0.05, 0.1) is 49.7 Å². The van der Waals surface area contributed by atoms with Gasteiger partial charge in [-0.3, -0.25) is 4.79 Å². The Bertz CT molecular complexity index is 1040. The van der Waals surface area contributed by atoms with Crippen LogP contribution in [0.25, 0.3) is 0 Å². The first-order chi connectivity index (χ1) is 21.7. The third kappa shape index (κ3) is 11.6. The second kappa shape index (κ2) is 18.8. The standard InChI is InChI=1S/C35H61N3O8/c1-11-38(12-2)34(42)36-19-18-28(33(41)44-10)37-29(40)20-27-17-16-24(5)30(45-27)23(4)15-13-14-22(3)21-35(8)32(46-35)25(6)31(43-9)26(7)39/h13-15,22,24-28,30-32,39H,11-12,16-21H2,1-10H3,(H,36,42)(H,37,40)/b14-13+,23-15+/t22-,24+,25-,26-,27-,28+,30-,31-,32-,35-/m1/s1. The fourth-order valence-corrected chi connectivity index (χ4v) is 6.82. The summed E-state index contributed by atoms with van der Waals surface area (Å²) in [5.41, 5.74) is 0.854. The van der Waals surface area contributed by atoms with E-state index in [9.17, 15) is 19.5 Å². The van der Waals surface area contributed by atoms with Crippen molar-refractivity contribution in [3.05, 3.63) is 23.8 Å². The number of amides is 3. The Morgan fingerprint density at radius 2 is 1.80 bits per heavy atom. The second-order valence-electron chi connectivity index (χ2n) is 13.4. The largest absolute Gasteiger partial charge is 0.467 e. The molecule has 11 heteroatoms. The second-order valence-corrected chi connectivity index (χ2v) is 13.4. The van der Waals surface area contributed by atoms with Crippen molar-refractivity contribution in [3.63, 3.8) is 0 Å². The molecule has 3 N–H and O–H groups in total. The van der Waals surface area contributed by atoms with Crippen LogP contribution in [0.15, 0.2) is 23.8 Å². The van der Waals surface area contributed by atoms with Gasteiger partial charge in [0.2, 0.25) is 5.91 Å². The van der Waals surface area contributed by atoms with Gasteiger partial charge in [-0.05, 0) is 77.7 Å². The molecular weight excluding hydrogens is 590 g/mol. The fourth-order valence-electron chi connectivity index (χ4n) is 6.82. The van der Waals surface area contributed by atoms with E-state index in [0.717, 1.165) is 24.8 Å². The SMILES string of the molecule is CCN(CC)C(=O)NCC[C@H](NC(=O)C[C@H]1CC[C@H](C)[C@@H](/C(C)=C/C=C/[C@@H](C)C[C@@]2(C)O[C@@H]2[C@H](C)[C@@H](OC)[C@@H](C)O)O1)C(=O)OC. The lowest BCUT2D eigenvalue weighted by atomic mass is 9.85. The molecule has 11 nitrogen and oxygen atoms in total. The molecule has 0 radical (unpaired) electrons. The Kier molecular flexibility index (Phi) is 16.2. The highest BCUT2D eigenvalue weighted by atomic mass is 16.6. The Morgan fingerprint density at radius 3 is 2.39 bits per heavy atom. The van der Waals surface area contributed by atoms with Gasteiger partial charge in [-0.1, -0.05) is 39.0 Å². The summed E-state index contributed by atoms with van der Waals surface area (Å²) in [5, 5.41) is 15.6. The summed E-state index contributed by atoms with van der Waals surface area (Å²) in [4.78, 5) is 39.2. The number of carbonyl (C=O) groups is 3. The molecule has 2 rings (SSSR count). The molecule has 3 amide bonds. The van der Waals surface area contributed by atoms with E-state index in [1.165, 1.54) is 7.11 Å². The number of aliphatic hydroxyl groups is 1. The van der Waals surface area contributed by atoms with E-state index in [-0.39, 0.29) is 73.2 Å². The summed E-state index contributed by atoms with van der Waals surface area (Å²) >= 11 is 0. The third-order valence-corrected chi connectivity index (χ3v) is 9.45. The minimum Gasteiger partial charge on any atom is -0.467 e. The number of rotatable bonds is 18. The van der Waals surface area contributed by atoms with E-state index in [2.05, 4.69) is 63.5 Å². The predicted octanol–water partition coefficient (Wildman–Crippen LogP) is 4.38. The normalized spacial score (nSPS) is 28.1. The zero-order valence-corrected chi connectivity index (χ0v) is 29.8. The molecule has 0 aromatic rings. The van der Waals surface area contributed by atoms with Crippen molar-refractivity contribution in [1.29, 1.82) is 0 Å². The minimum absolute atomic E-state index is 0.0483. The molecule has 0 bridgehead atoms. The Balaban J connectivity index is 1.89. The molecule has 10 atom stereocenters. The number of methoxy groups -OCH3 is 2. The van der Waals surface area contributed by atoms with Gasteiger partial charge in [0.15, 0.2) is 0 Å². The highest BCUT2D eigenvalue weighted by molar-refractivity contribution is 5.84. The number of urea groups is 1. The number of hydrogen-bond donors (Lipinski definition) is 3. The van der Waals surface area contributed by atoms with E-state index >= 15 is 0 Å². The molecule has 2 heterocycles. The van der Waals surface area contributed by atoms with Crippen molar-refractivity contribution in [1.82, 2.24) is 15.5 Å². The van der Waals surface area contributed by atoms with Gasteiger partial charge >= 0.3 is 12.0 Å². The molecule has 46 heavy (non-hydrogen) atoms. The van der Waals surface area contributed by atoms with Crippen LogP contribution in [0.3, 0.4) is 0 Å². The number of esters is 1. The zero-order chi connectivity index (χ0) is 34.6. The van der Waals surface area contributed by atoms with Crippen molar-refractivity contribution in [2.24, 2.45) is 17.8 Å². The Labute approximate surface area is 276 Å². The van der Waals surface area contributed by atoms with Gasteiger partial charge in [-0.15, -0.1) is 0 Å². The lowest BCUT2D eigenvalue weighted by molar-refractivity contribution is -0.146. The molecule has 2 aliphatic rings. The maximum absolute atomic E-state index is 13.0. The summed E-state index contributed by atoms with van der Waals surface area (Å²) in [6, 6.07) is -1.06. The van der Waals surface area contributed by atoms with Gasteiger partial charge in [0.25, 0.3) is 0 Å². The van der Waals surface area contributed by atoms with Crippen LogP contribution < -0.4 is 10.6 Å². The van der Waals surface area contributed by atoms with Crippen LogP contribution in [-0.2, 0) is 28.5 Å². The molecular formula is C35H61N3O8. The van der Waals surface area contributed by atoms with Crippen molar-refractivity contribution >= 4 is 17.9 Å². The van der Waals surface area contributed by atoms with Crippen LogP contribution in [-0.4, -0.2) is 104 Å². The molecule has 0 unspecified atom stereocenters. The van der Waals surface area contributed by atoms with Crippen LogP contribution in [0.2, 0.25) is 0 Å². The first-order valence-corrected chi connectivity index (χ1v) is 17.0. The fraction of sp³-hybridized carbons (Fsp3) is 0.800. The highest BCUT2D eigenvalue weighted by Crippen LogP contribution is 2.47. The molecule has 2 aliphatic heterocycles. The monoisotopic (exact) mass is 651 g/mol. The molecule has 2 saturated heterocycles. The van der Waals surface area contributed by atoms with E-state index in [0.29, 0.717) is 19.0 Å². The number of allylic oxidation sites excluding steroid dienone is 3. The number of aliphatic hydroxyl groups excluding tert-OH is 1. The summed E-state index contributed by atoms with van der Waals surface area (Å²) in [6.07, 6.45) is 8.10. The number of ether oxygens (including phenoxy) is 4. The number of nitrogens with zero attached hydrogens (tertiary/aromatic N) is 1. The molecule has 0 aliphatic carbocycles. The molecule has 2 fully saturated rings. The number of carbonyl (C=O) groups excluding carboxylic acids is 3. The predicted molar refractivity (Wildman–Crippen MR) is 178 cm³/mol. The number of nitrogens with one attached hydrogen (secondary N) is 2. The summed E-state index contributed by atoms with van der Waals surface area (Å²) in [6.45, 7) is 17.5. The topological polar surface area (TPSA) is 139 Å². The van der Waals surface area contributed by atoms with E-state index < -0.39 is 18.1 Å². The van der Waals surface area contributed by atoms with Crippen molar-refractivity contribution < 1.29 is 38.4 Å². The molecule has 0 aromatic carbocycles. The molecule has 0 spiro atoms. The Hall–Kier alpha value is -2.47. The molecule has 0 saturated carbocycles. The lowest BCUT2D eigenvalue weighted by Gasteiger charge is -2.35. The minimum atomic E-state index is -0.858. The van der Waals surface area contributed by atoms with E-state index in [4.69, 9.17) is 18.9 Å². The van der Waals surface area contributed by atoms with Crippen LogP contribution in [0.1, 0.15) is 87.5 Å². The number of hydrogen-bond acceptors (Lipinski definition) is 8. The van der Waals surface area contributed by atoms with Gasteiger partial charge in [-0.2, -0.15) is 0 Å². The average molecular weight is 652 g/mol. The molecule has 0 aromatic heterocycles. The first-order valence-electron chi connectivity index (χ1n) is 17.0. The van der Waals surface area contributed by atoms with Crippen LogP contribution in [0.5, 0.6) is 0 Å². The smallest absolute Gasteiger partial charge is 0.328 e.